The molecule has 176 valence electrons. The molecule has 34 heavy (non-hydrogen) atoms. The normalized spacial score (nSPS) is 12.3. The number of rotatable bonds is 9. The van der Waals surface area contributed by atoms with E-state index in [1.807, 2.05) is 29.6 Å². The Hall–Kier alpha value is -3.06. The maximum Gasteiger partial charge on any atom is 0.244 e. The van der Waals surface area contributed by atoms with E-state index in [0.717, 1.165) is 15.8 Å². The summed E-state index contributed by atoms with van der Waals surface area (Å²) < 4.78 is 34.3. The van der Waals surface area contributed by atoms with Crippen LogP contribution in [0.3, 0.4) is 0 Å². The molecule has 0 bridgehead atoms. The molecular weight excluding hydrogens is 542 g/mol. The minimum Gasteiger partial charge on any atom is -0.497 e. The molecule has 0 spiro atoms. The maximum atomic E-state index is 13.1. The van der Waals surface area contributed by atoms with Crippen molar-refractivity contribution in [3.8, 4) is 17.0 Å². The Bertz CT molecular complexity index is 1360. The standard InChI is InChI=1S/C22H20BrN5O4S2/c1-32-17-6-2-14(3-7-17)20-12-33-22(26-20)27-21(29)19(10-16-11-24-13-25-16)28-34(30,31)18-8-4-15(23)5-9-18/h2-9,11-13,19,28H,10H2,1H3,(H,24,25)(H,26,27,29). The first-order chi connectivity index (χ1) is 16.3. The van der Waals surface area contributed by atoms with E-state index in [9.17, 15) is 13.2 Å². The predicted molar refractivity (Wildman–Crippen MR) is 133 cm³/mol. The van der Waals surface area contributed by atoms with E-state index in [1.165, 1.54) is 29.8 Å². The third kappa shape index (κ3) is 5.89. The fraction of sp³-hybridized carbons (Fsp3) is 0.136. The minimum atomic E-state index is -3.96. The van der Waals surface area contributed by atoms with Gasteiger partial charge in [0.1, 0.15) is 11.8 Å². The number of anilines is 1. The van der Waals surface area contributed by atoms with Crippen LogP contribution in [0.1, 0.15) is 5.69 Å². The lowest BCUT2D eigenvalue weighted by Crippen LogP contribution is -2.45. The Labute approximate surface area is 208 Å². The smallest absolute Gasteiger partial charge is 0.244 e. The number of benzene rings is 2. The van der Waals surface area contributed by atoms with Gasteiger partial charge in [0.05, 0.1) is 29.7 Å². The van der Waals surface area contributed by atoms with Crippen LogP contribution in [0.15, 0.2) is 75.8 Å². The number of carbonyl (C=O) groups excluding carboxylic acids is 1. The molecule has 2 aromatic heterocycles. The predicted octanol–water partition coefficient (Wildman–Crippen LogP) is 3.83. The van der Waals surface area contributed by atoms with Crippen LogP contribution in [-0.2, 0) is 21.2 Å². The van der Waals surface area contributed by atoms with Crippen molar-refractivity contribution in [2.45, 2.75) is 17.4 Å². The zero-order valence-electron chi connectivity index (χ0n) is 17.9. The van der Waals surface area contributed by atoms with E-state index < -0.39 is 22.0 Å². The quantitative estimate of drug-likeness (QED) is 0.285. The van der Waals surface area contributed by atoms with Crippen LogP contribution in [0.4, 0.5) is 5.13 Å². The van der Waals surface area contributed by atoms with Gasteiger partial charge in [-0.05, 0) is 48.5 Å². The highest BCUT2D eigenvalue weighted by Crippen LogP contribution is 2.26. The van der Waals surface area contributed by atoms with E-state index in [2.05, 4.69) is 40.9 Å². The number of methoxy groups -OCH3 is 1. The molecular formula is C22H20BrN5O4S2. The van der Waals surface area contributed by atoms with Crippen molar-refractivity contribution in [2.75, 3.05) is 12.4 Å². The van der Waals surface area contributed by atoms with E-state index in [0.29, 0.717) is 16.5 Å². The van der Waals surface area contributed by atoms with Gasteiger partial charge in [-0.15, -0.1) is 11.3 Å². The van der Waals surface area contributed by atoms with E-state index in [1.54, 1.807) is 25.4 Å². The summed E-state index contributed by atoms with van der Waals surface area (Å²) in [7, 11) is -2.37. The Morgan fingerprint density at radius 1 is 1.18 bits per heavy atom. The molecule has 0 saturated heterocycles. The van der Waals surface area contributed by atoms with Crippen LogP contribution < -0.4 is 14.8 Å². The summed E-state index contributed by atoms with van der Waals surface area (Å²) in [5.41, 5.74) is 2.08. The van der Waals surface area contributed by atoms with Crippen LogP contribution in [0.2, 0.25) is 0 Å². The Morgan fingerprint density at radius 3 is 2.56 bits per heavy atom. The van der Waals surface area contributed by atoms with Crippen molar-refractivity contribution >= 4 is 48.3 Å². The fourth-order valence-corrected chi connectivity index (χ4v) is 5.27. The SMILES string of the molecule is COc1ccc(-c2csc(NC(=O)C(Cc3c[nH]cn3)NS(=O)(=O)c3ccc(Br)cc3)n2)cc1. The van der Waals surface area contributed by atoms with Crippen molar-refractivity contribution in [1.29, 1.82) is 0 Å². The molecule has 1 atom stereocenters. The second kappa shape index (κ2) is 10.5. The second-order valence-corrected chi connectivity index (χ2v) is 10.6. The Morgan fingerprint density at radius 2 is 1.91 bits per heavy atom. The molecule has 2 aromatic carbocycles. The number of nitrogens with one attached hydrogen (secondary N) is 3. The first-order valence-corrected chi connectivity index (χ1v) is 13.2. The summed E-state index contributed by atoms with van der Waals surface area (Å²) >= 11 is 4.53. The molecule has 9 nitrogen and oxygen atoms in total. The Kier molecular flexibility index (Phi) is 7.41. The number of halogens is 1. The summed E-state index contributed by atoms with van der Waals surface area (Å²) in [5, 5.41) is 4.89. The van der Waals surface area contributed by atoms with E-state index in [-0.39, 0.29) is 11.3 Å². The van der Waals surface area contributed by atoms with Gasteiger partial charge in [0.2, 0.25) is 15.9 Å². The minimum absolute atomic E-state index is 0.0477. The summed E-state index contributed by atoms with van der Waals surface area (Å²) in [6, 6.07) is 12.4. The molecule has 0 aliphatic rings. The van der Waals surface area contributed by atoms with Gasteiger partial charge in [-0.2, -0.15) is 4.72 Å². The van der Waals surface area contributed by atoms with Crippen LogP contribution in [0.5, 0.6) is 5.75 Å². The average Bonchev–Trinajstić information content (AvgIpc) is 3.51. The molecule has 0 radical (unpaired) electrons. The summed E-state index contributed by atoms with van der Waals surface area (Å²) in [5.74, 6) is 0.186. The van der Waals surface area contributed by atoms with Gasteiger partial charge in [-0.25, -0.2) is 18.4 Å². The van der Waals surface area contributed by atoms with Gasteiger partial charge in [-0.1, -0.05) is 15.9 Å². The molecule has 1 unspecified atom stereocenters. The topological polar surface area (TPSA) is 126 Å². The zero-order chi connectivity index (χ0) is 24.1. The monoisotopic (exact) mass is 561 g/mol. The summed E-state index contributed by atoms with van der Waals surface area (Å²) in [6.07, 6.45) is 3.14. The number of aromatic nitrogens is 3. The van der Waals surface area contributed by atoms with Gasteiger partial charge in [0.25, 0.3) is 0 Å². The molecule has 3 N–H and O–H groups in total. The van der Waals surface area contributed by atoms with Crippen LogP contribution in [0, 0.1) is 0 Å². The first kappa shape index (κ1) is 24.1. The number of ether oxygens (including phenoxy) is 1. The zero-order valence-corrected chi connectivity index (χ0v) is 21.1. The highest BCUT2D eigenvalue weighted by atomic mass is 79.9. The van der Waals surface area contributed by atoms with Gasteiger partial charge in [-0.3, -0.25) is 4.79 Å². The average molecular weight is 562 g/mol. The van der Waals surface area contributed by atoms with Gasteiger partial charge in [0.15, 0.2) is 5.13 Å². The largest absolute Gasteiger partial charge is 0.497 e. The van der Waals surface area contributed by atoms with Crippen molar-refractivity contribution in [3.05, 3.63) is 76.6 Å². The number of nitrogens with zero attached hydrogens (tertiary/aromatic N) is 2. The first-order valence-electron chi connectivity index (χ1n) is 10.0. The molecule has 4 rings (SSSR count). The Balaban J connectivity index is 1.52. The molecule has 0 aliphatic carbocycles. The number of hydrogen-bond acceptors (Lipinski definition) is 7. The lowest BCUT2D eigenvalue weighted by molar-refractivity contribution is -0.117. The molecule has 2 heterocycles. The van der Waals surface area contributed by atoms with Gasteiger partial charge in [0, 0.05) is 28.0 Å². The third-order valence-electron chi connectivity index (χ3n) is 4.83. The number of imidazole rings is 1. The van der Waals surface area contributed by atoms with Crippen molar-refractivity contribution in [2.24, 2.45) is 0 Å². The lowest BCUT2D eigenvalue weighted by atomic mass is 10.1. The molecule has 0 fully saturated rings. The molecule has 0 saturated carbocycles. The van der Waals surface area contributed by atoms with Gasteiger partial charge >= 0.3 is 0 Å². The highest BCUT2D eigenvalue weighted by molar-refractivity contribution is 9.10. The van der Waals surface area contributed by atoms with Crippen LogP contribution in [0.25, 0.3) is 11.3 Å². The molecule has 0 aliphatic heterocycles. The number of sulfonamides is 1. The van der Waals surface area contributed by atoms with E-state index >= 15 is 0 Å². The number of aromatic amines is 1. The molecule has 4 aromatic rings. The third-order valence-corrected chi connectivity index (χ3v) is 7.60. The van der Waals surface area contributed by atoms with Crippen molar-refractivity contribution in [3.63, 3.8) is 0 Å². The second-order valence-electron chi connectivity index (χ2n) is 7.15. The molecule has 12 heteroatoms. The van der Waals surface area contributed by atoms with Gasteiger partial charge < -0.3 is 15.0 Å². The van der Waals surface area contributed by atoms with Crippen molar-refractivity contribution < 1.29 is 17.9 Å². The number of H-pyrrole nitrogens is 1. The highest BCUT2D eigenvalue weighted by Gasteiger charge is 2.27. The maximum absolute atomic E-state index is 13.1. The van der Waals surface area contributed by atoms with Crippen LogP contribution >= 0.6 is 27.3 Å². The summed E-state index contributed by atoms with van der Waals surface area (Å²) in [4.78, 5) is 24.5. The number of thiazole rings is 1. The number of hydrogen-bond donors (Lipinski definition) is 3. The lowest BCUT2D eigenvalue weighted by Gasteiger charge is -2.17. The fourth-order valence-electron chi connectivity index (χ4n) is 3.09. The molecule has 1 amide bonds. The van der Waals surface area contributed by atoms with Crippen molar-refractivity contribution in [1.82, 2.24) is 19.7 Å². The van der Waals surface area contributed by atoms with Crippen LogP contribution in [-0.4, -0.2) is 42.4 Å². The van der Waals surface area contributed by atoms with E-state index in [4.69, 9.17) is 4.74 Å². The number of carbonyl (C=O) groups is 1. The number of amides is 1. The summed E-state index contributed by atoms with van der Waals surface area (Å²) in [6.45, 7) is 0.